The molecule has 1 amide bonds. The zero-order valence-electron chi connectivity index (χ0n) is 22.6. The third kappa shape index (κ3) is 7.18. The van der Waals surface area contributed by atoms with Crippen molar-refractivity contribution >= 4 is 34.9 Å². The number of aliphatic hydroxyl groups excluding tert-OH is 1. The van der Waals surface area contributed by atoms with Crippen LogP contribution in [0.25, 0.3) is 11.4 Å². The van der Waals surface area contributed by atoms with E-state index in [0.29, 0.717) is 42.1 Å². The number of carbonyl (C=O) groups is 1. The molecule has 0 aliphatic carbocycles. The van der Waals surface area contributed by atoms with Crippen molar-refractivity contribution in [3.63, 3.8) is 0 Å². The number of piperazine rings is 1. The Kier molecular flexibility index (Phi) is 9.04. The van der Waals surface area contributed by atoms with Crippen molar-refractivity contribution in [3.8, 4) is 11.4 Å². The first kappa shape index (κ1) is 27.6. The molecule has 0 spiro atoms. The molecule has 4 aromatic rings. The Morgan fingerprint density at radius 1 is 0.951 bits per heavy atom. The van der Waals surface area contributed by atoms with Crippen molar-refractivity contribution in [2.75, 3.05) is 61.4 Å². The number of anilines is 5. The van der Waals surface area contributed by atoms with Gasteiger partial charge in [-0.1, -0.05) is 12.1 Å². The van der Waals surface area contributed by atoms with E-state index in [1.807, 2.05) is 24.3 Å². The maximum absolute atomic E-state index is 12.9. The number of nitrogens with zero attached hydrogens (tertiary/aromatic N) is 7. The van der Waals surface area contributed by atoms with E-state index in [2.05, 4.69) is 69.4 Å². The largest absolute Gasteiger partial charge is 0.395 e. The predicted octanol–water partition coefficient (Wildman–Crippen LogP) is 2.85. The second-order valence-corrected chi connectivity index (χ2v) is 9.30. The molecule has 1 saturated heterocycles. The fourth-order valence-electron chi connectivity index (χ4n) is 4.42. The van der Waals surface area contributed by atoms with Crippen LogP contribution in [-0.2, 0) is 0 Å². The van der Waals surface area contributed by atoms with Gasteiger partial charge < -0.3 is 26.0 Å². The fourth-order valence-corrected chi connectivity index (χ4v) is 4.42. The molecule has 4 N–H and O–H groups in total. The van der Waals surface area contributed by atoms with Gasteiger partial charge in [0.2, 0.25) is 5.95 Å². The molecular formula is C29H32N10O2. The summed E-state index contributed by atoms with van der Waals surface area (Å²) in [5, 5.41) is 18.3. The first-order valence-corrected chi connectivity index (χ1v) is 13.3. The molecule has 1 aliphatic rings. The van der Waals surface area contributed by atoms with Gasteiger partial charge in [-0.15, -0.1) is 6.58 Å². The van der Waals surface area contributed by atoms with E-state index in [-0.39, 0.29) is 18.1 Å². The topological polar surface area (TPSA) is 144 Å². The van der Waals surface area contributed by atoms with Crippen molar-refractivity contribution in [2.45, 2.75) is 0 Å². The lowest BCUT2D eigenvalue weighted by atomic mass is 10.2. The minimum absolute atomic E-state index is 0.186. The monoisotopic (exact) mass is 552 g/mol. The summed E-state index contributed by atoms with van der Waals surface area (Å²) in [6.07, 6.45) is 7.92. The highest BCUT2D eigenvalue weighted by molar-refractivity contribution is 5.99. The smallest absolute Gasteiger partial charge is 0.256 e. The molecule has 4 heterocycles. The molecule has 0 radical (unpaired) electrons. The van der Waals surface area contributed by atoms with Crippen molar-refractivity contribution in [1.82, 2.24) is 35.1 Å². The third-order valence-electron chi connectivity index (χ3n) is 6.54. The molecule has 3 aromatic heterocycles. The van der Waals surface area contributed by atoms with Crippen molar-refractivity contribution < 1.29 is 9.90 Å². The number of hydrogen-bond donors (Lipinski definition) is 4. The number of β-amino-alcohol motifs (C(OH)–C–C–N with tert-alkyl or cyclic N) is 1. The van der Waals surface area contributed by atoms with Gasteiger partial charge in [-0.3, -0.25) is 19.7 Å². The van der Waals surface area contributed by atoms with Gasteiger partial charge >= 0.3 is 0 Å². The summed E-state index contributed by atoms with van der Waals surface area (Å²) in [6.45, 7) is 8.53. The standard InChI is InChI=1S/C29H32N10O2/c1-2-10-32-28(41)23-19-33-29(34-21-6-8-22(9-7-21)39-15-13-38(14-16-39)17-18-40)37-27(23)36-26-5-3-4-24(35-26)25-20-30-11-12-31-25/h2-9,11-12,19-20,40H,1,10,13-18H2,(H,32,41)(H2,33,34,35,36,37). The Balaban J connectivity index is 1.33. The summed E-state index contributed by atoms with van der Waals surface area (Å²) in [5.41, 5.74) is 3.46. The highest BCUT2D eigenvalue weighted by atomic mass is 16.3. The molecule has 0 atom stereocenters. The van der Waals surface area contributed by atoms with Crippen LogP contribution in [0.5, 0.6) is 0 Å². The molecule has 0 bridgehead atoms. The molecule has 0 saturated carbocycles. The van der Waals surface area contributed by atoms with Gasteiger partial charge in [-0.2, -0.15) is 4.98 Å². The van der Waals surface area contributed by atoms with Crippen LogP contribution >= 0.6 is 0 Å². The Bertz CT molecular complexity index is 1460. The van der Waals surface area contributed by atoms with Crippen LogP contribution in [0.15, 0.2) is 79.9 Å². The lowest BCUT2D eigenvalue weighted by Crippen LogP contribution is -2.47. The highest BCUT2D eigenvalue weighted by Gasteiger charge is 2.18. The van der Waals surface area contributed by atoms with Crippen LogP contribution in [0.4, 0.5) is 29.0 Å². The van der Waals surface area contributed by atoms with E-state index >= 15 is 0 Å². The number of hydrogen-bond acceptors (Lipinski definition) is 11. The number of benzene rings is 1. The van der Waals surface area contributed by atoms with E-state index in [1.54, 1.807) is 30.7 Å². The Labute approximate surface area is 238 Å². The molecule has 41 heavy (non-hydrogen) atoms. The summed E-state index contributed by atoms with van der Waals surface area (Å²) in [4.78, 5) is 39.5. The second-order valence-electron chi connectivity index (χ2n) is 9.30. The lowest BCUT2D eigenvalue weighted by Gasteiger charge is -2.35. The summed E-state index contributed by atoms with van der Waals surface area (Å²) in [5.74, 6) is 0.764. The van der Waals surface area contributed by atoms with Crippen LogP contribution in [0, 0.1) is 0 Å². The number of nitrogens with one attached hydrogen (secondary N) is 3. The predicted molar refractivity (Wildman–Crippen MR) is 159 cm³/mol. The van der Waals surface area contributed by atoms with E-state index < -0.39 is 0 Å². The number of pyridine rings is 1. The molecule has 5 rings (SSSR count). The van der Waals surface area contributed by atoms with Crippen molar-refractivity contribution in [2.24, 2.45) is 0 Å². The van der Waals surface area contributed by atoms with Crippen LogP contribution < -0.4 is 20.9 Å². The van der Waals surface area contributed by atoms with Crippen LogP contribution in [0.2, 0.25) is 0 Å². The number of carbonyl (C=O) groups excluding carboxylic acids is 1. The molecule has 1 aromatic carbocycles. The zero-order chi connectivity index (χ0) is 28.4. The van der Waals surface area contributed by atoms with Crippen LogP contribution in [0.3, 0.4) is 0 Å². The first-order chi connectivity index (χ1) is 20.1. The van der Waals surface area contributed by atoms with Gasteiger partial charge in [0.1, 0.15) is 22.9 Å². The van der Waals surface area contributed by atoms with Gasteiger partial charge in [0.15, 0.2) is 0 Å². The molecule has 12 nitrogen and oxygen atoms in total. The summed E-state index contributed by atoms with van der Waals surface area (Å²) >= 11 is 0. The molecule has 12 heteroatoms. The van der Waals surface area contributed by atoms with Crippen molar-refractivity contribution in [1.29, 1.82) is 0 Å². The van der Waals surface area contributed by atoms with E-state index in [9.17, 15) is 4.79 Å². The average Bonchev–Trinajstić information content (AvgIpc) is 3.01. The van der Waals surface area contributed by atoms with Crippen molar-refractivity contribution in [3.05, 3.63) is 85.5 Å². The van der Waals surface area contributed by atoms with Crippen LogP contribution in [-0.4, -0.2) is 86.7 Å². The minimum Gasteiger partial charge on any atom is -0.395 e. The van der Waals surface area contributed by atoms with E-state index in [1.165, 1.54) is 6.20 Å². The first-order valence-electron chi connectivity index (χ1n) is 13.3. The maximum Gasteiger partial charge on any atom is 0.256 e. The molecule has 0 unspecified atom stereocenters. The van der Waals surface area contributed by atoms with Gasteiger partial charge in [0.05, 0.1) is 18.5 Å². The Morgan fingerprint density at radius 3 is 2.51 bits per heavy atom. The minimum atomic E-state index is -0.340. The SMILES string of the molecule is C=CCNC(=O)c1cnc(Nc2ccc(N3CCN(CCO)CC3)cc2)nc1Nc1cccc(-c2cnccn2)n1. The highest BCUT2D eigenvalue weighted by Crippen LogP contribution is 2.24. The Morgan fingerprint density at radius 2 is 1.78 bits per heavy atom. The maximum atomic E-state index is 12.9. The summed E-state index contributed by atoms with van der Waals surface area (Å²) < 4.78 is 0. The molecule has 1 aliphatic heterocycles. The Hall–Kier alpha value is -4.94. The van der Waals surface area contributed by atoms with Gasteiger partial charge in [0.25, 0.3) is 5.91 Å². The normalized spacial score (nSPS) is 13.4. The quantitative estimate of drug-likeness (QED) is 0.204. The second kappa shape index (κ2) is 13.4. The van der Waals surface area contributed by atoms with E-state index in [0.717, 1.165) is 37.6 Å². The number of aromatic nitrogens is 5. The third-order valence-corrected chi connectivity index (χ3v) is 6.54. The van der Waals surface area contributed by atoms with Gasteiger partial charge in [-0.25, -0.2) is 9.97 Å². The summed E-state index contributed by atoms with van der Waals surface area (Å²) in [6, 6.07) is 13.5. The number of amides is 1. The number of rotatable bonds is 11. The van der Waals surface area contributed by atoms with Gasteiger partial charge in [-0.05, 0) is 36.4 Å². The fraction of sp³-hybridized carbons (Fsp3) is 0.241. The molecule has 210 valence electrons. The average molecular weight is 553 g/mol. The van der Waals surface area contributed by atoms with E-state index in [4.69, 9.17) is 5.11 Å². The van der Waals surface area contributed by atoms with Gasteiger partial charge in [0, 0.05) is 69.2 Å². The summed E-state index contributed by atoms with van der Waals surface area (Å²) in [7, 11) is 0. The molecular weight excluding hydrogens is 520 g/mol. The zero-order valence-corrected chi connectivity index (χ0v) is 22.6. The molecule has 1 fully saturated rings. The number of aliphatic hydroxyl groups is 1. The lowest BCUT2D eigenvalue weighted by molar-refractivity contribution is 0.0958. The van der Waals surface area contributed by atoms with Crippen LogP contribution in [0.1, 0.15) is 10.4 Å².